The Bertz CT molecular complexity index is 1060. The molecule has 2 aliphatic rings. The molecule has 1 atom stereocenters. The minimum atomic E-state index is -0.714. The number of anilines is 1. The van der Waals surface area contributed by atoms with Crippen LogP contribution in [0.2, 0.25) is 0 Å². The molecule has 2 aromatic carbocycles. The van der Waals surface area contributed by atoms with Gasteiger partial charge < -0.3 is 14.4 Å². The first kappa shape index (κ1) is 23.1. The van der Waals surface area contributed by atoms with Crippen molar-refractivity contribution in [1.29, 1.82) is 0 Å². The molecule has 2 heterocycles. The van der Waals surface area contributed by atoms with E-state index in [1.54, 1.807) is 19.2 Å². The summed E-state index contributed by atoms with van der Waals surface area (Å²) in [6, 6.07) is 11.1. The van der Waals surface area contributed by atoms with Crippen molar-refractivity contribution < 1.29 is 14.4 Å². The summed E-state index contributed by atoms with van der Waals surface area (Å²) >= 11 is 0. The van der Waals surface area contributed by atoms with Crippen LogP contribution in [0.3, 0.4) is 0 Å². The monoisotopic (exact) mass is 450 g/mol. The van der Waals surface area contributed by atoms with E-state index in [2.05, 4.69) is 43.9 Å². The lowest BCUT2D eigenvalue weighted by Gasteiger charge is -2.47. The third-order valence-electron chi connectivity index (χ3n) is 7.16. The Labute approximate surface area is 196 Å². The zero-order chi connectivity index (χ0) is 23.6. The topological polar surface area (TPSA) is 64.8 Å². The molecule has 0 saturated heterocycles. The second-order valence-corrected chi connectivity index (χ2v) is 9.54. The Kier molecular flexibility index (Phi) is 6.37. The number of nitrogens with zero attached hydrogens (tertiary/aromatic N) is 2. The SMILES string of the molecule is CCCCCCCCN1c2ccc(OC)cc2C(C)(C)C12C=Cc1cc([N+](=O)[O-])ccc1O2. The fourth-order valence-corrected chi connectivity index (χ4v) is 5.18. The average Bonchev–Trinajstić information content (AvgIpc) is 2.98. The van der Waals surface area contributed by atoms with Gasteiger partial charge in [0.2, 0.25) is 5.72 Å². The zero-order valence-corrected chi connectivity index (χ0v) is 20.1. The van der Waals surface area contributed by atoms with Gasteiger partial charge in [-0.25, -0.2) is 0 Å². The van der Waals surface area contributed by atoms with E-state index >= 15 is 0 Å². The molecule has 0 amide bonds. The average molecular weight is 451 g/mol. The van der Waals surface area contributed by atoms with Gasteiger partial charge in [-0.15, -0.1) is 0 Å². The molecule has 33 heavy (non-hydrogen) atoms. The van der Waals surface area contributed by atoms with Gasteiger partial charge in [0.25, 0.3) is 5.69 Å². The molecule has 6 heteroatoms. The fraction of sp³-hybridized carbons (Fsp3) is 0.481. The van der Waals surface area contributed by atoms with Crippen LogP contribution in [0.4, 0.5) is 11.4 Å². The van der Waals surface area contributed by atoms with Gasteiger partial charge in [0.05, 0.1) is 17.4 Å². The summed E-state index contributed by atoms with van der Waals surface area (Å²) in [4.78, 5) is 13.2. The molecule has 2 aromatic rings. The van der Waals surface area contributed by atoms with Crippen molar-refractivity contribution >= 4 is 17.5 Å². The second kappa shape index (κ2) is 9.08. The predicted molar refractivity (Wildman–Crippen MR) is 132 cm³/mol. The molecule has 1 unspecified atom stereocenters. The Morgan fingerprint density at radius 1 is 1.06 bits per heavy atom. The molecular formula is C27H34N2O4. The van der Waals surface area contributed by atoms with Gasteiger partial charge in [0, 0.05) is 29.9 Å². The van der Waals surface area contributed by atoms with Crippen LogP contribution >= 0.6 is 0 Å². The molecule has 0 saturated carbocycles. The van der Waals surface area contributed by atoms with Crippen LogP contribution in [0, 0.1) is 10.1 Å². The molecule has 2 aliphatic heterocycles. The smallest absolute Gasteiger partial charge is 0.270 e. The Morgan fingerprint density at radius 3 is 2.55 bits per heavy atom. The molecule has 0 aliphatic carbocycles. The maximum atomic E-state index is 11.2. The van der Waals surface area contributed by atoms with E-state index in [4.69, 9.17) is 9.47 Å². The fourth-order valence-electron chi connectivity index (χ4n) is 5.18. The Hall–Kier alpha value is -3.02. The number of unbranched alkanes of at least 4 members (excludes halogenated alkanes) is 5. The molecule has 176 valence electrons. The number of methoxy groups -OCH3 is 1. The molecular weight excluding hydrogens is 416 g/mol. The lowest BCUT2D eigenvalue weighted by Crippen LogP contribution is -2.59. The van der Waals surface area contributed by atoms with Crippen molar-refractivity contribution in [3.05, 3.63) is 63.7 Å². The molecule has 6 nitrogen and oxygen atoms in total. The summed E-state index contributed by atoms with van der Waals surface area (Å²) in [6.07, 6.45) is 11.4. The molecule has 0 aromatic heterocycles. The van der Waals surface area contributed by atoms with Crippen LogP contribution in [-0.4, -0.2) is 24.3 Å². The maximum absolute atomic E-state index is 11.2. The third-order valence-corrected chi connectivity index (χ3v) is 7.16. The minimum absolute atomic E-state index is 0.0700. The van der Waals surface area contributed by atoms with Crippen molar-refractivity contribution in [3.8, 4) is 11.5 Å². The van der Waals surface area contributed by atoms with Gasteiger partial charge in [-0.2, -0.15) is 0 Å². The summed E-state index contributed by atoms with van der Waals surface area (Å²) in [5.74, 6) is 1.50. The van der Waals surface area contributed by atoms with Gasteiger partial charge in [-0.05, 0) is 62.2 Å². The van der Waals surface area contributed by atoms with Crippen molar-refractivity contribution in [2.45, 2.75) is 70.4 Å². The quantitative estimate of drug-likeness (QED) is 0.237. The number of rotatable bonds is 9. The summed E-state index contributed by atoms with van der Waals surface area (Å²) in [5, 5.41) is 11.2. The number of benzene rings is 2. The Morgan fingerprint density at radius 2 is 1.82 bits per heavy atom. The predicted octanol–water partition coefficient (Wildman–Crippen LogP) is 6.86. The second-order valence-electron chi connectivity index (χ2n) is 9.54. The largest absolute Gasteiger partial charge is 0.497 e. The maximum Gasteiger partial charge on any atom is 0.270 e. The molecule has 1 spiro atoms. The Balaban J connectivity index is 1.69. The summed E-state index contributed by atoms with van der Waals surface area (Å²) in [7, 11) is 1.69. The molecule has 0 bridgehead atoms. The van der Waals surface area contributed by atoms with E-state index < -0.39 is 5.72 Å². The van der Waals surface area contributed by atoms with E-state index in [9.17, 15) is 10.1 Å². The van der Waals surface area contributed by atoms with Crippen LogP contribution < -0.4 is 14.4 Å². The standard InChI is InChI=1S/C27H34N2O4/c1-5-6-7-8-9-10-17-28-24-13-12-22(32-4)19-23(24)26(2,3)27(28)16-15-20-18-21(29(30)31)11-14-25(20)33-27/h11-16,18-19H,5-10,17H2,1-4H3. The van der Waals surface area contributed by atoms with Gasteiger partial charge in [0.1, 0.15) is 11.5 Å². The molecule has 4 rings (SSSR count). The van der Waals surface area contributed by atoms with E-state index in [0.29, 0.717) is 5.75 Å². The highest BCUT2D eigenvalue weighted by Crippen LogP contribution is 2.55. The van der Waals surface area contributed by atoms with Crippen LogP contribution in [-0.2, 0) is 5.41 Å². The lowest BCUT2D eigenvalue weighted by atomic mass is 9.76. The number of hydrogen-bond acceptors (Lipinski definition) is 5. The van der Waals surface area contributed by atoms with Crippen LogP contribution in [0.5, 0.6) is 11.5 Å². The van der Waals surface area contributed by atoms with E-state index in [1.807, 2.05) is 12.1 Å². The van der Waals surface area contributed by atoms with Gasteiger partial charge >= 0.3 is 0 Å². The minimum Gasteiger partial charge on any atom is -0.497 e. The number of nitro benzene ring substituents is 1. The molecule has 0 radical (unpaired) electrons. The van der Waals surface area contributed by atoms with Crippen LogP contribution in [0.1, 0.15) is 70.4 Å². The highest BCUT2D eigenvalue weighted by atomic mass is 16.6. The first-order valence-electron chi connectivity index (χ1n) is 12.0. The summed E-state index contributed by atoms with van der Waals surface area (Å²) < 4.78 is 12.3. The summed E-state index contributed by atoms with van der Waals surface area (Å²) in [5.41, 5.74) is 2.06. The van der Waals surface area contributed by atoms with E-state index in [0.717, 1.165) is 30.0 Å². The van der Waals surface area contributed by atoms with Crippen LogP contribution in [0.15, 0.2) is 42.5 Å². The van der Waals surface area contributed by atoms with Gasteiger partial charge in [0.15, 0.2) is 0 Å². The first-order chi connectivity index (χ1) is 15.8. The van der Waals surface area contributed by atoms with Crippen LogP contribution in [0.25, 0.3) is 6.08 Å². The van der Waals surface area contributed by atoms with E-state index in [1.165, 1.54) is 43.7 Å². The number of ether oxygens (including phenoxy) is 2. The van der Waals surface area contributed by atoms with Crippen molar-refractivity contribution in [2.24, 2.45) is 0 Å². The lowest BCUT2D eigenvalue weighted by molar-refractivity contribution is -0.384. The highest BCUT2D eigenvalue weighted by molar-refractivity contribution is 5.74. The normalized spacial score (nSPS) is 19.8. The van der Waals surface area contributed by atoms with E-state index in [-0.39, 0.29) is 16.0 Å². The highest BCUT2D eigenvalue weighted by Gasteiger charge is 2.58. The van der Waals surface area contributed by atoms with Crippen molar-refractivity contribution in [2.75, 3.05) is 18.6 Å². The number of non-ortho nitro benzene ring substituents is 1. The zero-order valence-electron chi connectivity index (χ0n) is 20.1. The first-order valence-corrected chi connectivity index (χ1v) is 12.0. The molecule has 0 fully saturated rings. The third kappa shape index (κ3) is 3.96. The summed E-state index contributed by atoms with van der Waals surface area (Å²) in [6.45, 7) is 7.52. The van der Waals surface area contributed by atoms with Gasteiger partial charge in [-0.3, -0.25) is 10.1 Å². The van der Waals surface area contributed by atoms with Gasteiger partial charge in [-0.1, -0.05) is 39.0 Å². The number of fused-ring (bicyclic) bond motifs is 2. The van der Waals surface area contributed by atoms with Crippen molar-refractivity contribution in [3.63, 3.8) is 0 Å². The van der Waals surface area contributed by atoms with Crippen molar-refractivity contribution in [1.82, 2.24) is 0 Å². The molecule has 0 N–H and O–H groups in total. The number of nitro groups is 1. The number of hydrogen-bond donors (Lipinski definition) is 0.